The minimum absolute atomic E-state index is 0.0930. The van der Waals surface area contributed by atoms with Crippen molar-refractivity contribution in [3.8, 4) is 0 Å². The molecule has 1 aromatic carbocycles. The quantitative estimate of drug-likeness (QED) is 0.808. The number of nitrogens with zero attached hydrogens (tertiary/aromatic N) is 1. The molecule has 0 atom stereocenters. The summed E-state index contributed by atoms with van der Waals surface area (Å²) in [5.74, 6) is -0.571. The Balaban J connectivity index is 1.74. The number of carbonyl (C=O) groups is 1. The van der Waals surface area contributed by atoms with Gasteiger partial charge in [-0.3, -0.25) is 4.79 Å². The van der Waals surface area contributed by atoms with Crippen molar-refractivity contribution >= 4 is 21.6 Å². The van der Waals surface area contributed by atoms with Gasteiger partial charge in [0.1, 0.15) is 5.82 Å². The first kappa shape index (κ1) is 17.8. The van der Waals surface area contributed by atoms with Gasteiger partial charge in [0.05, 0.1) is 6.26 Å². The Morgan fingerprint density at radius 2 is 2.04 bits per heavy atom. The fraction of sp³-hybridized carbons (Fsp3) is 0.533. The number of nitrogens with one attached hydrogen (secondary N) is 2. The number of anilines is 1. The van der Waals surface area contributed by atoms with Crippen LogP contribution in [-0.2, 0) is 14.8 Å². The number of likely N-dealkylation sites (tertiary alicyclic amines) is 1. The fourth-order valence-electron chi connectivity index (χ4n) is 2.62. The van der Waals surface area contributed by atoms with Crippen molar-refractivity contribution in [2.75, 3.05) is 37.8 Å². The number of piperidine rings is 1. The summed E-state index contributed by atoms with van der Waals surface area (Å²) in [5.41, 5.74) is 0.467. The van der Waals surface area contributed by atoms with Crippen molar-refractivity contribution in [1.29, 1.82) is 0 Å². The Morgan fingerprint density at radius 3 is 2.65 bits per heavy atom. The SMILES string of the molecule is CS(=O)(=O)NCCN1CCC(C(=O)Nc2cccc(F)c2)CC1. The molecule has 1 heterocycles. The molecule has 0 aliphatic carbocycles. The molecule has 128 valence electrons. The molecule has 0 unspecified atom stereocenters. The fourth-order valence-corrected chi connectivity index (χ4v) is 3.08. The van der Waals surface area contributed by atoms with E-state index in [4.69, 9.17) is 0 Å². The molecule has 2 rings (SSSR count). The third kappa shape index (κ3) is 6.25. The van der Waals surface area contributed by atoms with Gasteiger partial charge in [-0.2, -0.15) is 0 Å². The Labute approximate surface area is 136 Å². The number of amides is 1. The van der Waals surface area contributed by atoms with Gasteiger partial charge >= 0.3 is 0 Å². The molecule has 23 heavy (non-hydrogen) atoms. The molecule has 2 N–H and O–H groups in total. The summed E-state index contributed by atoms with van der Waals surface area (Å²) in [6.07, 6.45) is 2.55. The van der Waals surface area contributed by atoms with Gasteiger partial charge in [-0.05, 0) is 44.1 Å². The average Bonchev–Trinajstić information content (AvgIpc) is 2.46. The molecule has 0 spiro atoms. The maximum atomic E-state index is 13.1. The predicted octanol–water partition coefficient (Wildman–Crippen LogP) is 1.03. The van der Waals surface area contributed by atoms with Crippen LogP contribution in [0, 0.1) is 11.7 Å². The largest absolute Gasteiger partial charge is 0.326 e. The van der Waals surface area contributed by atoms with E-state index in [1.54, 1.807) is 12.1 Å². The Kier molecular flexibility index (Phi) is 6.09. The van der Waals surface area contributed by atoms with E-state index >= 15 is 0 Å². The highest BCUT2D eigenvalue weighted by atomic mass is 32.2. The normalized spacial score (nSPS) is 17.1. The molecule has 1 fully saturated rings. The first-order valence-corrected chi connectivity index (χ1v) is 9.46. The van der Waals surface area contributed by atoms with Gasteiger partial charge < -0.3 is 10.2 Å². The molecule has 1 amide bonds. The summed E-state index contributed by atoms with van der Waals surface area (Å²) in [6, 6.07) is 5.85. The van der Waals surface area contributed by atoms with Crippen LogP contribution >= 0.6 is 0 Å². The minimum atomic E-state index is -3.16. The standard InChI is InChI=1S/C15H22FN3O3S/c1-23(21,22)17-7-10-19-8-5-12(6-9-19)15(20)18-14-4-2-3-13(16)11-14/h2-4,11-12,17H,5-10H2,1H3,(H,18,20). The van der Waals surface area contributed by atoms with Gasteiger partial charge in [0.2, 0.25) is 15.9 Å². The molecule has 0 saturated carbocycles. The van der Waals surface area contributed by atoms with Crippen molar-refractivity contribution in [3.05, 3.63) is 30.1 Å². The molecule has 0 radical (unpaired) electrons. The van der Waals surface area contributed by atoms with Crippen LogP contribution in [0.25, 0.3) is 0 Å². The predicted molar refractivity (Wildman–Crippen MR) is 87.0 cm³/mol. The maximum absolute atomic E-state index is 13.1. The van der Waals surface area contributed by atoms with Crippen LogP contribution in [0.1, 0.15) is 12.8 Å². The van der Waals surface area contributed by atoms with E-state index < -0.39 is 10.0 Å². The number of sulfonamides is 1. The van der Waals surface area contributed by atoms with Gasteiger partial charge in [-0.25, -0.2) is 17.5 Å². The average molecular weight is 343 g/mol. The molecule has 1 aromatic rings. The zero-order valence-corrected chi connectivity index (χ0v) is 13.9. The molecule has 8 heteroatoms. The Hall–Kier alpha value is -1.51. The highest BCUT2D eigenvalue weighted by Gasteiger charge is 2.24. The lowest BCUT2D eigenvalue weighted by atomic mass is 9.96. The van der Waals surface area contributed by atoms with Gasteiger partial charge in [-0.15, -0.1) is 0 Å². The topological polar surface area (TPSA) is 78.5 Å². The lowest BCUT2D eigenvalue weighted by molar-refractivity contribution is -0.121. The maximum Gasteiger partial charge on any atom is 0.227 e. The summed E-state index contributed by atoms with van der Waals surface area (Å²) < 4.78 is 37.6. The summed E-state index contributed by atoms with van der Waals surface area (Å²) >= 11 is 0. The molecule has 1 aliphatic rings. The van der Waals surface area contributed by atoms with Crippen LogP contribution in [0.4, 0.5) is 10.1 Å². The molecule has 1 aliphatic heterocycles. The summed E-state index contributed by atoms with van der Waals surface area (Å²) in [7, 11) is -3.16. The van der Waals surface area contributed by atoms with Crippen LogP contribution in [0.3, 0.4) is 0 Å². The van der Waals surface area contributed by atoms with Crippen molar-refractivity contribution in [2.45, 2.75) is 12.8 Å². The van der Waals surface area contributed by atoms with Crippen LogP contribution in [0.15, 0.2) is 24.3 Å². The lowest BCUT2D eigenvalue weighted by Gasteiger charge is -2.31. The van der Waals surface area contributed by atoms with Crippen LogP contribution in [0.2, 0.25) is 0 Å². The van der Waals surface area contributed by atoms with Gasteiger partial charge in [0.15, 0.2) is 0 Å². The molecule has 0 aromatic heterocycles. The van der Waals surface area contributed by atoms with Crippen molar-refractivity contribution in [1.82, 2.24) is 9.62 Å². The Morgan fingerprint density at radius 1 is 1.35 bits per heavy atom. The summed E-state index contributed by atoms with van der Waals surface area (Å²) in [6.45, 7) is 2.49. The van der Waals surface area contributed by atoms with Crippen LogP contribution in [-0.4, -0.2) is 51.7 Å². The first-order chi connectivity index (χ1) is 10.8. The van der Waals surface area contributed by atoms with Gasteiger partial charge in [-0.1, -0.05) is 6.07 Å². The monoisotopic (exact) mass is 343 g/mol. The third-order valence-corrected chi connectivity index (χ3v) is 4.57. The van der Waals surface area contributed by atoms with Crippen LogP contribution in [0.5, 0.6) is 0 Å². The van der Waals surface area contributed by atoms with E-state index in [2.05, 4.69) is 14.9 Å². The number of hydrogen-bond acceptors (Lipinski definition) is 4. The third-order valence-electron chi connectivity index (χ3n) is 3.84. The van der Waals surface area contributed by atoms with Gasteiger partial charge in [0, 0.05) is 24.7 Å². The zero-order chi connectivity index (χ0) is 16.9. The molecular weight excluding hydrogens is 321 g/mol. The number of rotatable bonds is 6. The van der Waals surface area contributed by atoms with E-state index in [0.29, 0.717) is 31.6 Å². The zero-order valence-electron chi connectivity index (χ0n) is 13.1. The van der Waals surface area contributed by atoms with E-state index in [1.165, 1.54) is 12.1 Å². The first-order valence-electron chi connectivity index (χ1n) is 7.57. The second-order valence-corrected chi connectivity index (χ2v) is 7.62. The second kappa shape index (κ2) is 7.85. The Bertz CT molecular complexity index is 643. The van der Waals surface area contributed by atoms with Crippen molar-refractivity contribution < 1.29 is 17.6 Å². The summed E-state index contributed by atoms with van der Waals surface area (Å²) in [5, 5.41) is 2.74. The van der Waals surface area contributed by atoms with E-state index in [-0.39, 0.29) is 17.6 Å². The number of benzene rings is 1. The van der Waals surface area contributed by atoms with E-state index in [1.807, 2.05) is 0 Å². The van der Waals surface area contributed by atoms with E-state index in [0.717, 1.165) is 19.3 Å². The molecule has 1 saturated heterocycles. The number of halogens is 1. The summed E-state index contributed by atoms with van der Waals surface area (Å²) in [4.78, 5) is 14.3. The van der Waals surface area contributed by atoms with Gasteiger partial charge in [0.25, 0.3) is 0 Å². The lowest BCUT2D eigenvalue weighted by Crippen LogP contribution is -2.41. The molecule has 6 nitrogen and oxygen atoms in total. The number of carbonyl (C=O) groups excluding carboxylic acids is 1. The highest BCUT2D eigenvalue weighted by Crippen LogP contribution is 2.19. The molecular formula is C15H22FN3O3S. The van der Waals surface area contributed by atoms with Crippen molar-refractivity contribution in [2.24, 2.45) is 5.92 Å². The van der Waals surface area contributed by atoms with E-state index in [9.17, 15) is 17.6 Å². The highest BCUT2D eigenvalue weighted by molar-refractivity contribution is 7.88. The molecule has 0 bridgehead atoms. The van der Waals surface area contributed by atoms with Crippen molar-refractivity contribution in [3.63, 3.8) is 0 Å². The minimum Gasteiger partial charge on any atom is -0.326 e. The van der Waals surface area contributed by atoms with Crippen LogP contribution < -0.4 is 10.0 Å². The second-order valence-electron chi connectivity index (χ2n) is 5.78. The number of hydrogen-bond donors (Lipinski definition) is 2. The smallest absolute Gasteiger partial charge is 0.227 e.